The molecule has 0 bridgehead atoms. The van der Waals surface area contributed by atoms with E-state index in [1.807, 2.05) is 0 Å². The fraction of sp³-hybridized carbons (Fsp3) is 0.143. The molecule has 5 nitrogen and oxygen atoms in total. The summed E-state index contributed by atoms with van der Waals surface area (Å²) in [5.74, 6) is -1.39. The van der Waals surface area contributed by atoms with Crippen LogP contribution in [0.5, 0.6) is 5.75 Å². The summed E-state index contributed by atoms with van der Waals surface area (Å²) in [4.78, 5) is 15.8. The van der Waals surface area contributed by atoms with E-state index in [2.05, 4.69) is 15.0 Å². The third-order valence-corrected chi connectivity index (χ3v) is 4.10. The molecule has 0 saturated carbocycles. The number of nitrogens with one attached hydrogen (secondary N) is 1. The van der Waals surface area contributed by atoms with Crippen LogP contribution < -0.4 is 10.1 Å². The van der Waals surface area contributed by atoms with Crippen LogP contribution in [-0.4, -0.2) is 22.4 Å². The summed E-state index contributed by atoms with van der Waals surface area (Å²) in [6.45, 7) is 3.56. The van der Waals surface area contributed by atoms with Gasteiger partial charge in [0, 0.05) is 5.56 Å². The van der Waals surface area contributed by atoms with E-state index < -0.39 is 12.3 Å². The number of rotatable bonds is 5. The molecule has 3 aromatic rings. The smallest absolute Gasteiger partial charge is 0.478 e. The number of alkyl halides is 3. The molecule has 1 heterocycles. The van der Waals surface area contributed by atoms with Gasteiger partial charge in [-0.15, -0.1) is 13.2 Å². The minimum atomic E-state index is -4.77. The van der Waals surface area contributed by atoms with Gasteiger partial charge >= 0.3 is 12.3 Å². The van der Waals surface area contributed by atoms with Crippen molar-refractivity contribution in [3.63, 3.8) is 0 Å². The third kappa shape index (κ3) is 5.04. The van der Waals surface area contributed by atoms with E-state index in [1.165, 1.54) is 24.4 Å². The first kappa shape index (κ1) is 20.2. The average molecular weight is 402 g/mol. The van der Waals surface area contributed by atoms with Crippen molar-refractivity contribution in [3.8, 4) is 17.0 Å². The lowest BCUT2D eigenvalue weighted by Crippen LogP contribution is -2.17. The van der Waals surface area contributed by atoms with Gasteiger partial charge in [0.05, 0.1) is 28.8 Å². The van der Waals surface area contributed by atoms with Crippen molar-refractivity contribution in [1.82, 2.24) is 4.98 Å². The van der Waals surface area contributed by atoms with Crippen molar-refractivity contribution in [1.29, 1.82) is 0 Å². The molecule has 150 valence electrons. The van der Waals surface area contributed by atoms with E-state index in [9.17, 15) is 23.1 Å². The molecule has 0 amide bonds. The van der Waals surface area contributed by atoms with Gasteiger partial charge in [-0.2, -0.15) is 0 Å². The van der Waals surface area contributed by atoms with Crippen molar-refractivity contribution in [2.45, 2.75) is 20.2 Å². The number of carbonyl (C=O) groups is 1. The van der Waals surface area contributed by atoms with Gasteiger partial charge in [0.2, 0.25) is 0 Å². The molecule has 0 aliphatic carbocycles. The molecule has 0 saturated heterocycles. The minimum absolute atomic E-state index is 0.128. The van der Waals surface area contributed by atoms with Crippen LogP contribution in [0.2, 0.25) is 0 Å². The zero-order valence-electron chi connectivity index (χ0n) is 15.5. The van der Waals surface area contributed by atoms with Crippen LogP contribution >= 0.6 is 0 Å². The predicted molar refractivity (Wildman–Crippen MR) is 103 cm³/mol. The number of aryl methyl sites for hydroxylation is 2. The Morgan fingerprint density at radius 1 is 1.10 bits per heavy atom. The fourth-order valence-electron chi connectivity index (χ4n) is 2.89. The van der Waals surface area contributed by atoms with Crippen LogP contribution in [0.3, 0.4) is 0 Å². The maximum absolute atomic E-state index is 12.4. The average Bonchev–Trinajstić information content (AvgIpc) is 2.62. The molecule has 0 spiro atoms. The molecule has 0 unspecified atom stereocenters. The van der Waals surface area contributed by atoms with E-state index in [0.717, 1.165) is 5.56 Å². The van der Waals surface area contributed by atoms with Crippen molar-refractivity contribution >= 4 is 17.3 Å². The summed E-state index contributed by atoms with van der Waals surface area (Å²) in [6.07, 6.45) is -3.28. The number of hydrogen-bond acceptors (Lipinski definition) is 4. The summed E-state index contributed by atoms with van der Waals surface area (Å²) >= 11 is 0. The summed E-state index contributed by atoms with van der Waals surface area (Å²) in [5.41, 5.74) is 3.58. The molecule has 0 radical (unpaired) electrons. The highest BCUT2D eigenvalue weighted by atomic mass is 19.4. The van der Waals surface area contributed by atoms with Crippen LogP contribution in [0, 0.1) is 13.8 Å². The second kappa shape index (κ2) is 7.83. The van der Waals surface area contributed by atoms with Gasteiger partial charge in [0.1, 0.15) is 5.75 Å². The monoisotopic (exact) mass is 402 g/mol. The third-order valence-electron chi connectivity index (χ3n) is 4.10. The maximum atomic E-state index is 12.4. The van der Waals surface area contributed by atoms with Crippen molar-refractivity contribution in [2.75, 3.05) is 5.32 Å². The lowest BCUT2D eigenvalue weighted by molar-refractivity contribution is -0.274. The van der Waals surface area contributed by atoms with E-state index >= 15 is 0 Å². The van der Waals surface area contributed by atoms with Crippen LogP contribution in [0.25, 0.3) is 11.3 Å². The highest BCUT2D eigenvalue weighted by Crippen LogP contribution is 2.30. The highest BCUT2D eigenvalue weighted by molar-refractivity contribution is 5.95. The number of pyridine rings is 1. The summed E-state index contributed by atoms with van der Waals surface area (Å²) < 4.78 is 41.3. The molecule has 0 fully saturated rings. The van der Waals surface area contributed by atoms with Gasteiger partial charge in [-0.1, -0.05) is 23.8 Å². The Labute approximate surface area is 164 Å². The largest absolute Gasteiger partial charge is 0.573 e. The Hall–Kier alpha value is -3.55. The van der Waals surface area contributed by atoms with Crippen molar-refractivity contribution in [2.24, 2.45) is 0 Å². The number of halogens is 3. The van der Waals surface area contributed by atoms with Gasteiger partial charge in [-0.25, -0.2) is 4.79 Å². The summed E-state index contributed by atoms with van der Waals surface area (Å²) in [5, 5.41) is 12.4. The van der Waals surface area contributed by atoms with Crippen LogP contribution in [0.4, 0.5) is 24.5 Å². The fourth-order valence-corrected chi connectivity index (χ4v) is 2.89. The topological polar surface area (TPSA) is 71.5 Å². The highest BCUT2D eigenvalue weighted by Gasteiger charge is 2.31. The number of carboxylic acid groups (broad SMARTS) is 1. The van der Waals surface area contributed by atoms with E-state index in [0.29, 0.717) is 28.2 Å². The summed E-state index contributed by atoms with van der Waals surface area (Å²) in [7, 11) is 0. The second-order valence-corrected chi connectivity index (χ2v) is 6.44. The van der Waals surface area contributed by atoms with Gasteiger partial charge in [-0.3, -0.25) is 4.98 Å². The normalized spacial score (nSPS) is 11.2. The lowest BCUT2D eigenvalue weighted by Gasteiger charge is -2.13. The Balaban J connectivity index is 1.89. The van der Waals surface area contributed by atoms with E-state index in [4.69, 9.17) is 0 Å². The molecular formula is C21H17F3N2O3. The molecule has 29 heavy (non-hydrogen) atoms. The van der Waals surface area contributed by atoms with Crippen LogP contribution in [-0.2, 0) is 0 Å². The second-order valence-electron chi connectivity index (χ2n) is 6.44. The zero-order valence-corrected chi connectivity index (χ0v) is 15.5. The molecule has 0 aliphatic heterocycles. The van der Waals surface area contributed by atoms with Gasteiger partial charge in [0.25, 0.3) is 0 Å². The van der Waals surface area contributed by atoms with Crippen molar-refractivity contribution in [3.05, 3.63) is 71.4 Å². The molecule has 3 rings (SSSR count). The molecule has 2 aromatic carbocycles. The molecular weight excluding hydrogens is 385 g/mol. The number of carboxylic acids is 1. The SMILES string of the molecule is Cc1ccc(Nc2cnc(-c3cccc(OC(F)(F)F)c3)c(C)c2)c(C(=O)O)c1. The minimum Gasteiger partial charge on any atom is -0.478 e. The van der Waals surface area contributed by atoms with Crippen LogP contribution in [0.1, 0.15) is 21.5 Å². The number of benzene rings is 2. The first-order valence-corrected chi connectivity index (χ1v) is 8.56. The van der Waals surface area contributed by atoms with Gasteiger partial charge < -0.3 is 15.2 Å². The first-order valence-electron chi connectivity index (χ1n) is 8.56. The van der Waals surface area contributed by atoms with E-state index in [1.54, 1.807) is 44.2 Å². The molecule has 2 N–H and O–H groups in total. The number of aromatic carboxylic acids is 1. The van der Waals surface area contributed by atoms with Gasteiger partial charge in [0.15, 0.2) is 0 Å². The zero-order chi connectivity index (χ0) is 21.2. The summed E-state index contributed by atoms with van der Waals surface area (Å²) in [6, 6.07) is 12.3. The van der Waals surface area contributed by atoms with E-state index in [-0.39, 0.29) is 11.3 Å². The standard InChI is InChI=1S/C21H17F3N2O3/c1-12-6-7-18(17(8-12)20(27)28)26-15-9-13(2)19(25-11-15)14-4-3-5-16(10-14)29-21(22,23)24/h3-11,26H,1-2H3,(H,27,28). The number of nitrogens with zero attached hydrogens (tertiary/aromatic N) is 1. The Morgan fingerprint density at radius 3 is 2.52 bits per heavy atom. The van der Waals surface area contributed by atoms with Crippen molar-refractivity contribution < 1.29 is 27.8 Å². The number of anilines is 2. The number of aromatic nitrogens is 1. The molecule has 0 aliphatic rings. The maximum Gasteiger partial charge on any atom is 0.573 e. The molecule has 8 heteroatoms. The quantitative estimate of drug-likeness (QED) is 0.572. The van der Waals surface area contributed by atoms with Gasteiger partial charge in [-0.05, 0) is 49.7 Å². The molecule has 0 atom stereocenters. The van der Waals surface area contributed by atoms with Crippen LogP contribution in [0.15, 0.2) is 54.7 Å². The Bertz CT molecular complexity index is 1070. The number of hydrogen-bond donors (Lipinski definition) is 2. The number of ether oxygens (including phenoxy) is 1. The Morgan fingerprint density at radius 2 is 1.86 bits per heavy atom. The lowest BCUT2D eigenvalue weighted by atomic mass is 10.1. The molecule has 1 aromatic heterocycles. The predicted octanol–water partition coefficient (Wildman–Crippen LogP) is 5.71. The Kier molecular flexibility index (Phi) is 5.45. The first-order chi connectivity index (χ1) is 13.6.